The first-order chi connectivity index (χ1) is 20.0. The summed E-state index contributed by atoms with van der Waals surface area (Å²) in [7, 11) is 6.39. The van der Waals surface area contributed by atoms with E-state index in [1.807, 2.05) is 42.5 Å². The molecule has 1 heterocycles. The Bertz CT molecular complexity index is 1600. The topological polar surface area (TPSA) is 91.8 Å². The lowest BCUT2D eigenvalue weighted by molar-refractivity contribution is 0.0954. The van der Waals surface area contributed by atoms with E-state index in [0.717, 1.165) is 30.4 Å². The Morgan fingerprint density at radius 2 is 1.34 bits per heavy atom. The van der Waals surface area contributed by atoms with Gasteiger partial charge in [0.1, 0.15) is 0 Å². The van der Waals surface area contributed by atoms with Gasteiger partial charge in [-0.2, -0.15) is 0 Å². The second kappa shape index (κ2) is 12.7. The van der Waals surface area contributed by atoms with Gasteiger partial charge in [-0.1, -0.05) is 11.6 Å². The Morgan fingerprint density at radius 1 is 0.732 bits per heavy atom. The Labute approximate surface area is 240 Å². The predicted octanol–water partition coefficient (Wildman–Crippen LogP) is 6.62. The third-order valence-electron chi connectivity index (χ3n) is 7.36. The third kappa shape index (κ3) is 6.11. The van der Waals surface area contributed by atoms with E-state index in [2.05, 4.69) is 11.4 Å². The number of nitrogens with zero attached hydrogens (tertiary/aromatic N) is 2. The highest BCUT2D eigenvalue weighted by molar-refractivity contribution is 5.98. The maximum Gasteiger partial charge on any atom is 0.251 e. The maximum absolute atomic E-state index is 13.0. The maximum atomic E-state index is 13.0. The summed E-state index contributed by atoms with van der Waals surface area (Å²) in [5, 5.41) is 3.06. The number of hydrogen-bond acceptors (Lipinski definition) is 7. The van der Waals surface area contributed by atoms with E-state index in [0.29, 0.717) is 57.5 Å². The van der Waals surface area contributed by atoms with E-state index in [-0.39, 0.29) is 5.91 Å². The van der Waals surface area contributed by atoms with Crippen LogP contribution < -0.4 is 24.3 Å². The lowest BCUT2D eigenvalue weighted by Gasteiger charge is -2.15. The smallest absolute Gasteiger partial charge is 0.251 e. The van der Waals surface area contributed by atoms with E-state index < -0.39 is 0 Å². The molecule has 0 aliphatic heterocycles. The van der Waals surface area contributed by atoms with Crippen molar-refractivity contribution in [2.24, 2.45) is 0 Å². The van der Waals surface area contributed by atoms with Gasteiger partial charge in [0.15, 0.2) is 23.0 Å². The van der Waals surface area contributed by atoms with Gasteiger partial charge in [-0.15, -0.1) is 0 Å². The molecule has 0 bridgehead atoms. The number of ether oxygens (including phenoxy) is 4. The average molecular weight is 554 g/mol. The summed E-state index contributed by atoms with van der Waals surface area (Å²) in [5.74, 6) is 2.27. The van der Waals surface area contributed by atoms with Crippen LogP contribution in [-0.4, -0.2) is 50.9 Å². The first-order valence-corrected chi connectivity index (χ1v) is 13.8. The molecule has 0 atom stereocenters. The van der Waals surface area contributed by atoms with E-state index in [9.17, 15) is 4.79 Å². The van der Waals surface area contributed by atoms with Gasteiger partial charge in [0.05, 0.1) is 50.9 Å². The van der Waals surface area contributed by atoms with Crippen LogP contribution in [0.1, 0.15) is 42.5 Å². The number of rotatable bonds is 10. The summed E-state index contributed by atoms with van der Waals surface area (Å²) >= 11 is 0. The highest BCUT2D eigenvalue weighted by atomic mass is 16.5. The van der Waals surface area contributed by atoms with Gasteiger partial charge in [0, 0.05) is 23.2 Å². The van der Waals surface area contributed by atoms with Crippen LogP contribution in [0.3, 0.4) is 0 Å². The van der Waals surface area contributed by atoms with Crippen molar-refractivity contribution in [3.8, 4) is 45.5 Å². The van der Waals surface area contributed by atoms with E-state index in [4.69, 9.17) is 28.9 Å². The summed E-state index contributed by atoms with van der Waals surface area (Å²) < 4.78 is 22.0. The molecule has 1 N–H and O–H groups in total. The molecule has 8 heteroatoms. The lowest BCUT2D eigenvalue weighted by Crippen LogP contribution is -2.24. The highest BCUT2D eigenvalue weighted by Crippen LogP contribution is 2.39. The van der Waals surface area contributed by atoms with Crippen molar-refractivity contribution in [2.45, 2.75) is 32.1 Å². The molecule has 5 rings (SSSR count). The molecule has 0 radical (unpaired) electrons. The van der Waals surface area contributed by atoms with Crippen LogP contribution >= 0.6 is 0 Å². The zero-order valence-corrected chi connectivity index (χ0v) is 24.0. The standard InChI is InChI=1S/C33H35N3O5/c1-38-27-14-11-22(19-29(27)40-3)31-32(23-12-15-28(39-2)30(20-23)41-4)36-26-18-24(10-13-25(26)35-31)33(37)34-17-16-21-8-6-5-7-9-21/h8,10-15,18-20H,5-7,9,16-17H2,1-4H3,(H,34,37). The number of amides is 1. The van der Waals surface area contributed by atoms with Crippen molar-refractivity contribution in [1.29, 1.82) is 0 Å². The number of allylic oxidation sites excluding steroid dienone is 1. The van der Waals surface area contributed by atoms with Crippen molar-refractivity contribution in [2.75, 3.05) is 35.0 Å². The first kappa shape index (κ1) is 28.0. The number of methoxy groups -OCH3 is 4. The van der Waals surface area contributed by atoms with Gasteiger partial charge < -0.3 is 24.3 Å². The van der Waals surface area contributed by atoms with E-state index in [1.165, 1.54) is 18.4 Å². The molecule has 1 aliphatic rings. The van der Waals surface area contributed by atoms with Crippen LogP contribution in [-0.2, 0) is 0 Å². The fourth-order valence-electron chi connectivity index (χ4n) is 5.14. The molecule has 1 aliphatic carbocycles. The Morgan fingerprint density at radius 3 is 1.90 bits per heavy atom. The summed E-state index contributed by atoms with van der Waals surface area (Å²) in [6.07, 6.45) is 7.96. The minimum atomic E-state index is -0.123. The third-order valence-corrected chi connectivity index (χ3v) is 7.36. The monoisotopic (exact) mass is 553 g/mol. The number of fused-ring (bicyclic) bond motifs is 1. The zero-order chi connectivity index (χ0) is 28.8. The van der Waals surface area contributed by atoms with Gasteiger partial charge in [-0.05, 0) is 86.7 Å². The van der Waals surface area contributed by atoms with Gasteiger partial charge in [0.25, 0.3) is 5.91 Å². The summed E-state index contributed by atoms with van der Waals surface area (Å²) in [5.41, 5.74) is 6.14. The first-order valence-electron chi connectivity index (χ1n) is 13.8. The summed E-state index contributed by atoms with van der Waals surface area (Å²) in [6.45, 7) is 0.615. The predicted molar refractivity (Wildman–Crippen MR) is 160 cm³/mol. The molecule has 8 nitrogen and oxygen atoms in total. The molecular weight excluding hydrogens is 518 g/mol. The molecule has 0 saturated carbocycles. The number of aromatic nitrogens is 2. The molecule has 0 spiro atoms. The number of carbonyl (C=O) groups is 1. The minimum Gasteiger partial charge on any atom is -0.493 e. The fourth-order valence-corrected chi connectivity index (χ4v) is 5.14. The number of benzene rings is 3. The fraction of sp³-hybridized carbons (Fsp3) is 0.303. The number of nitrogens with one attached hydrogen (secondary N) is 1. The van der Waals surface area contributed by atoms with Crippen LogP contribution in [0.25, 0.3) is 33.5 Å². The normalized spacial score (nSPS) is 12.9. The molecule has 212 valence electrons. The molecule has 3 aromatic carbocycles. The molecule has 1 aromatic heterocycles. The number of hydrogen-bond donors (Lipinski definition) is 1. The Hall–Kier alpha value is -4.59. The quantitative estimate of drug-likeness (QED) is 0.221. The summed E-state index contributed by atoms with van der Waals surface area (Å²) in [6, 6.07) is 16.7. The van der Waals surface area contributed by atoms with Crippen molar-refractivity contribution in [3.05, 3.63) is 71.8 Å². The molecular formula is C33H35N3O5. The van der Waals surface area contributed by atoms with Gasteiger partial charge in [-0.25, -0.2) is 9.97 Å². The zero-order valence-electron chi connectivity index (χ0n) is 24.0. The second-order valence-electron chi connectivity index (χ2n) is 9.88. The molecule has 0 unspecified atom stereocenters. The van der Waals surface area contributed by atoms with Crippen molar-refractivity contribution < 1.29 is 23.7 Å². The second-order valence-corrected chi connectivity index (χ2v) is 9.88. The summed E-state index contributed by atoms with van der Waals surface area (Å²) in [4.78, 5) is 23.1. The van der Waals surface area contributed by atoms with Crippen molar-refractivity contribution >= 4 is 16.9 Å². The molecule has 0 fully saturated rings. The Kier molecular flexibility index (Phi) is 8.67. The number of carbonyl (C=O) groups excluding carboxylic acids is 1. The largest absolute Gasteiger partial charge is 0.493 e. The van der Waals surface area contributed by atoms with Gasteiger partial charge >= 0.3 is 0 Å². The van der Waals surface area contributed by atoms with Crippen LogP contribution in [0.4, 0.5) is 0 Å². The SMILES string of the molecule is COc1ccc(-c2nc3ccc(C(=O)NCCC4=CCCCC4)cc3nc2-c2ccc(OC)c(OC)c2)cc1OC. The van der Waals surface area contributed by atoms with Crippen LogP contribution in [0, 0.1) is 0 Å². The van der Waals surface area contributed by atoms with Gasteiger partial charge in [-0.3, -0.25) is 4.79 Å². The highest BCUT2D eigenvalue weighted by Gasteiger charge is 2.18. The molecule has 0 saturated heterocycles. The van der Waals surface area contributed by atoms with E-state index in [1.54, 1.807) is 40.6 Å². The van der Waals surface area contributed by atoms with Crippen LogP contribution in [0.5, 0.6) is 23.0 Å². The van der Waals surface area contributed by atoms with Crippen molar-refractivity contribution in [1.82, 2.24) is 15.3 Å². The van der Waals surface area contributed by atoms with Gasteiger partial charge in [0.2, 0.25) is 0 Å². The molecule has 1 amide bonds. The van der Waals surface area contributed by atoms with Crippen molar-refractivity contribution in [3.63, 3.8) is 0 Å². The Balaban J connectivity index is 1.55. The van der Waals surface area contributed by atoms with Crippen LogP contribution in [0.15, 0.2) is 66.2 Å². The molecule has 41 heavy (non-hydrogen) atoms. The lowest BCUT2D eigenvalue weighted by atomic mass is 9.97. The van der Waals surface area contributed by atoms with Crippen LogP contribution in [0.2, 0.25) is 0 Å². The minimum absolute atomic E-state index is 0.123. The van der Waals surface area contributed by atoms with E-state index >= 15 is 0 Å². The molecule has 4 aromatic rings. The average Bonchev–Trinajstić information content (AvgIpc) is 3.03.